The van der Waals surface area contributed by atoms with E-state index in [1.54, 1.807) is 19.2 Å². The first-order chi connectivity index (χ1) is 8.76. The van der Waals surface area contributed by atoms with Crippen molar-refractivity contribution in [3.8, 4) is 0 Å². The van der Waals surface area contributed by atoms with Crippen LogP contribution in [-0.2, 0) is 10.0 Å². The number of hydrogen-bond donors (Lipinski definition) is 0. The molecule has 0 aliphatic carbocycles. The standard InChI is InChI=1S/C14H24N2O2S/c1-12(2)15(4)10-11-16(5)19(17,18)14-9-7-6-8-13(14)3/h6-9,12H,10-11H2,1-5H3. The molecule has 1 rings (SSSR count). The van der Waals surface area contributed by atoms with E-state index in [0.717, 1.165) is 12.1 Å². The summed E-state index contributed by atoms with van der Waals surface area (Å²) in [6.07, 6.45) is 0. The van der Waals surface area contributed by atoms with Crippen LogP contribution in [0.3, 0.4) is 0 Å². The molecule has 0 atom stereocenters. The van der Waals surface area contributed by atoms with Gasteiger partial charge in [-0.25, -0.2) is 8.42 Å². The van der Waals surface area contributed by atoms with E-state index in [1.807, 2.05) is 26.1 Å². The zero-order valence-corrected chi connectivity index (χ0v) is 13.2. The van der Waals surface area contributed by atoms with E-state index >= 15 is 0 Å². The van der Waals surface area contributed by atoms with Gasteiger partial charge < -0.3 is 4.90 Å². The molecule has 0 bridgehead atoms. The Hall–Kier alpha value is -0.910. The lowest BCUT2D eigenvalue weighted by Crippen LogP contribution is -2.37. The van der Waals surface area contributed by atoms with E-state index in [2.05, 4.69) is 18.7 Å². The van der Waals surface area contributed by atoms with Crippen LogP contribution in [0.1, 0.15) is 19.4 Å². The van der Waals surface area contributed by atoms with Crippen LogP contribution in [0.25, 0.3) is 0 Å². The molecule has 0 aliphatic rings. The summed E-state index contributed by atoms with van der Waals surface area (Å²) in [6.45, 7) is 7.22. The normalized spacial score (nSPS) is 12.6. The van der Waals surface area contributed by atoms with Crippen molar-refractivity contribution in [2.24, 2.45) is 0 Å². The Morgan fingerprint density at radius 3 is 2.21 bits per heavy atom. The predicted molar refractivity (Wildman–Crippen MR) is 78.8 cm³/mol. The summed E-state index contributed by atoms with van der Waals surface area (Å²) in [6, 6.07) is 7.50. The van der Waals surface area contributed by atoms with Crippen molar-refractivity contribution in [2.75, 3.05) is 27.2 Å². The largest absolute Gasteiger partial charge is 0.303 e. The minimum atomic E-state index is -3.38. The fourth-order valence-corrected chi connectivity index (χ4v) is 3.07. The van der Waals surface area contributed by atoms with Crippen molar-refractivity contribution < 1.29 is 8.42 Å². The molecule has 1 aromatic carbocycles. The number of hydrogen-bond acceptors (Lipinski definition) is 3. The topological polar surface area (TPSA) is 40.6 Å². The van der Waals surface area contributed by atoms with Crippen LogP contribution < -0.4 is 0 Å². The highest BCUT2D eigenvalue weighted by Crippen LogP contribution is 2.18. The first kappa shape index (κ1) is 16.1. The Kier molecular flexibility index (Phi) is 5.52. The molecule has 5 heteroatoms. The third-order valence-corrected chi connectivity index (χ3v) is 5.45. The van der Waals surface area contributed by atoms with Crippen molar-refractivity contribution in [1.82, 2.24) is 9.21 Å². The van der Waals surface area contributed by atoms with Crippen molar-refractivity contribution >= 4 is 10.0 Å². The number of benzene rings is 1. The maximum atomic E-state index is 12.4. The number of aryl methyl sites for hydroxylation is 1. The molecule has 108 valence electrons. The van der Waals surface area contributed by atoms with Gasteiger partial charge in [0.2, 0.25) is 10.0 Å². The number of sulfonamides is 1. The second kappa shape index (κ2) is 6.50. The second-order valence-corrected chi connectivity index (χ2v) is 7.18. The van der Waals surface area contributed by atoms with Crippen LogP contribution in [0.15, 0.2) is 29.2 Å². The van der Waals surface area contributed by atoms with E-state index in [4.69, 9.17) is 0 Å². The van der Waals surface area contributed by atoms with E-state index in [-0.39, 0.29) is 0 Å². The molecular weight excluding hydrogens is 260 g/mol. The summed E-state index contributed by atoms with van der Waals surface area (Å²) in [5.74, 6) is 0. The molecule has 0 fully saturated rings. The fourth-order valence-electron chi connectivity index (χ4n) is 1.69. The van der Waals surface area contributed by atoms with Crippen LogP contribution in [0.5, 0.6) is 0 Å². The molecule has 0 saturated carbocycles. The van der Waals surface area contributed by atoms with Gasteiger partial charge in [0, 0.05) is 26.2 Å². The zero-order chi connectivity index (χ0) is 14.6. The molecule has 0 heterocycles. The van der Waals surface area contributed by atoms with Gasteiger partial charge in [-0.05, 0) is 39.4 Å². The summed E-state index contributed by atoms with van der Waals surface area (Å²) in [5.41, 5.74) is 0.784. The second-order valence-electron chi connectivity index (χ2n) is 5.17. The quantitative estimate of drug-likeness (QED) is 0.802. The minimum absolute atomic E-state index is 0.393. The molecule has 0 amide bonds. The maximum Gasteiger partial charge on any atom is 0.243 e. The molecule has 0 radical (unpaired) electrons. The Balaban J connectivity index is 2.81. The lowest BCUT2D eigenvalue weighted by atomic mass is 10.2. The van der Waals surface area contributed by atoms with Gasteiger partial charge >= 0.3 is 0 Å². The van der Waals surface area contributed by atoms with Crippen molar-refractivity contribution in [3.63, 3.8) is 0 Å². The van der Waals surface area contributed by atoms with Gasteiger partial charge in [0.1, 0.15) is 0 Å². The lowest BCUT2D eigenvalue weighted by molar-refractivity contribution is 0.257. The van der Waals surface area contributed by atoms with E-state index in [9.17, 15) is 8.42 Å². The smallest absolute Gasteiger partial charge is 0.243 e. The third-order valence-electron chi connectivity index (χ3n) is 3.43. The first-order valence-corrected chi connectivity index (χ1v) is 7.93. The predicted octanol–water partition coefficient (Wildman–Crippen LogP) is 1.96. The minimum Gasteiger partial charge on any atom is -0.303 e. The van der Waals surface area contributed by atoms with E-state index in [0.29, 0.717) is 17.5 Å². The van der Waals surface area contributed by atoms with E-state index in [1.165, 1.54) is 4.31 Å². The average Bonchev–Trinajstić information content (AvgIpc) is 2.35. The van der Waals surface area contributed by atoms with Gasteiger partial charge in [0.15, 0.2) is 0 Å². The van der Waals surface area contributed by atoms with Crippen molar-refractivity contribution in [2.45, 2.75) is 31.7 Å². The highest BCUT2D eigenvalue weighted by molar-refractivity contribution is 7.89. The molecule has 4 nitrogen and oxygen atoms in total. The highest BCUT2D eigenvalue weighted by atomic mass is 32.2. The van der Waals surface area contributed by atoms with E-state index < -0.39 is 10.0 Å². The Morgan fingerprint density at radius 2 is 1.68 bits per heavy atom. The summed E-state index contributed by atoms with van der Waals surface area (Å²) >= 11 is 0. The van der Waals surface area contributed by atoms with Crippen LogP contribution >= 0.6 is 0 Å². The van der Waals surface area contributed by atoms with Gasteiger partial charge in [0.25, 0.3) is 0 Å². The number of rotatable bonds is 6. The molecule has 0 aromatic heterocycles. The Bertz CT molecular complexity index is 512. The Morgan fingerprint density at radius 1 is 1.11 bits per heavy atom. The SMILES string of the molecule is Cc1ccccc1S(=O)(=O)N(C)CCN(C)C(C)C. The molecule has 0 N–H and O–H groups in total. The number of likely N-dealkylation sites (N-methyl/N-ethyl adjacent to an activating group) is 2. The van der Waals surface area contributed by atoms with Gasteiger partial charge in [-0.2, -0.15) is 4.31 Å². The molecule has 0 aliphatic heterocycles. The first-order valence-electron chi connectivity index (χ1n) is 6.49. The van der Waals surface area contributed by atoms with Crippen molar-refractivity contribution in [1.29, 1.82) is 0 Å². The summed E-state index contributed by atoms with van der Waals surface area (Å²) in [7, 11) is 0.249. The Labute approximate surface area is 117 Å². The fraction of sp³-hybridized carbons (Fsp3) is 0.571. The van der Waals surface area contributed by atoms with Gasteiger partial charge in [-0.3, -0.25) is 0 Å². The van der Waals surface area contributed by atoms with Crippen molar-refractivity contribution in [3.05, 3.63) is 29.8 Å². The van der Waals surface area contributed by atoms with Crippen LogP contribution in [0, 0.1) is 6.92 Å². The zero-order valence-electron chi connectivity index (χ0n) is 12.4. The monoisotopic (exact) mass is 284 g/mol. The molecular formula is C14H24N2O2S. The maximum absolute atomic E-state index is 12.4. The van der Waals surface area contributed by atoms with Gasteiger partial charge in [-0.1, -0.05) is 18.2 Å². The van der Waals surface area contributed by atoms with Crippen LogP contribution in [0.2, 0.25) is 0 Å². The van der Waals surface area contributed by atoms with Gasteiger partial charge in [-0.15, -0.1) is 0 Å². The van der Waals surface area contributed by atoms with Crippen LogP contribution in [-0.4, -0.2) is 50.8 Å². The molecule has 0 unspecified atom stereocenters. The molecule has 0 spiro atoms. The summed E-state index contributed by atoms with van der Waals surface area (Å²) in [5, 5.41) is 0. The average molecular weight is 284 g/mol. The van der Waals surface area contributed by atoms with Gasteiger partial charge in [0.05, 0.1) is 4.90 Å². The summed E-state index contributed by atoms with van der Waals surface area (Å²) in [4.78, 5) is 2.52. The molecule has 0 saturated heterocycles. The molecule has 1 aromatic rings. The lowest BCUT2D eigenvalue weighted by Gasteiger charge is -2.24. The summed E-state index contributed by atoms with van der Waals surface area (Å²) < 4.78 is 26.3. The third kappa shape index (κ3) is 4.03. The highest BCUT2D eigenvalue weighted by Gasteiger charge is 2.22. The molecule has 19 heavy (non-hydrogen) atoms. The number of nitrogens with zero attached hydrogens (tertiary/aromatic N) is 2. The van der Waals surface area contributed by atoms with Crippen LogP contribution in [0.4, 0.5) is 0 Å².